The van der Waals surface area contributed by atoms with Crippen LogP contribution in [-0.2, 0) is 13.6 Å². The molecule has 1 aromatic rings. The largest absolute Gasteiger partial charge is 0.309 e. The molecule has 1 aliphatic heterocycles. The summed E-state index contributed by atoms with van der Waals surface area (Å²) in [6.45, 7) is 4.19. The van der Waals surface area contributed by atoms with Crippen LogP contribution in [0.25, 0.3) is 0 Å². The zero-order chi connectivity index (χ0) is 11.4. The van der Waals surface area contributed by atoms with Crippen molar-refractivity contribution < 1.29 is 0 Å². The number of aryl methyl sites for hydroxylation is 1. The Kier molecular flexibility index (Phi) is 3.84. The highest BCUT2D eigenvalue weighted by molar-refractivity contribution is 4.77. The summed E-state index contributed by atoms with van der Waals surface area (Å²) in [4.78, 5) is 3.89. The first kappa shape index (κ1) is 11.5. The van der Waals surface area contributed by atoms with Crippen LogP contribution < -0.4 is 5.32 Å². The van der Waals surface area contributed by atoms with Crippen molar-refractivity contribution in [2.75, 3.05) is 26.7 Å². The first-order chi connectivity index (χ1) is 7.74. The van der Waals surface area contributed by atoms with Gasteiger partial charge >= 0.3 is 0 Å². The van der Waals surface area contributed by atoms with Gasteiger partial charge in [0, 0.05) is 6.54 Å². The van der Waals surface area contributed by atoms with E-state index in [1.807, 2.05) is 0 Å². The maximum atomic E-state index is 4.13. The quantitative estimate of drug-likeness (QED) is 0.757. The summed E-state index contributed by atoms with van der Waals surface area (Å²) in [5.74, 6) is 1.53. The fraction of sp³-hybridized carbons (Fsp3) is 0.900. The van der Waals surface area contributed by atoms with Gasteiger partial charge in [-0.05, 0) is 44.1 Å². The van der Waals surface area contributed by atoms with Crippen molar-refractivity contribution in [3.63, 3.8) is 0 Å². The standard InChI is InChI=1S/C10H20N6/c1-15-5-3-4-9(8-15)6-11-7-10-12-14-16(2)13-10/h9,11H,3-8H2,1-2H3. The van der Waals surface area contributed by atoms with E-state index in [0.717, 1.165) is 18.3 Å². The van der Waals surface area contributed by atoms with Crippen LogP contribution in [0.3, 0.4) is 0 Å². The Morgan fingerprint density at radius 1 is 1.44 bits per heavy atom. The Morgan fingerprint density at radius 3 is 3.00 bits per heavy atom. The van der Waals surface area contributed by atoms with Gasteiger partial charge in [0.1, 0.15) is 0 Å². The van der Waals surface area contributed by atoms with E-state index in [1.165, 1.54) is 30.7 Å². The molecule has 1 aromatic heterocycles. The van der Waals surface area contributed by atoms with Gasteiger partial charge in [0.2, 0.25) is 0 Å². The van der Waals surface area contributed by atoms with Gasteiger partial charge < -0.3 is 10.2 Å². The molecule has 0 bridgehead atoms. The topological polar surface area (TPSA) is 58.9 Å². The Morgan fingerprint density at radius 2 is 2.31 bits per heavy atom. The molecule has 0 spiro atoms. The second-order valence-corrected chi connectivity index (χ2v) is 4.60. The molecule has 0 radical (unpaired) electrons. The van der Waals surface area contributed by atoms with E-state index in [4.69, 9.17) is 0 Å². The number of likely N-dealkylation sites (tertiary alicyclic amines) is 1. The van der Waals surface area contributed by atoms with Crippen molar-refractivity contribution >= 4 is 0 Å². The summed E-state index contributed by atoms with van der Waals surface area (Å²) in [5.41, 5.74) is 0. The molecule has 0 aromatic carbocycles. The molecule has 1 aliphatic rings. The maximum absolute atomic E-state index is 4.13. The van der Waals surface area contributed by atoms with Gasteiger partial charge in [-0.15, -0.1) is 10.2 Å². The van der Waals surface area contributed by atoms with Crippen LogP contribution in [0.2, 0.25) is 0 Å². The number of piperidine rings is 1. The van der Waals surface area contributed by atoms with E-state index < -0.39 is 0 Å². The zero-order valence-electron chi connectivity index (χ0n) is 10.1. The second kappa shape index (κ2) is 5.36. The Labute approximate surface area is 96.0 Å². The number of aromatic nitrogens is 4. The minimum atomic E-state index is 0.716. The predicted octanol–water partition coefficient (Wildman–Crippen LogP) is -0.358. The molecule has 0 aliphatic carbocycles. The van der Waals surface area contributed by atoms with E-state index in [9.17, 15) is 0 Å². The average molecular weight is 224 g/mol. The van der Waals surface area contributed by atoms with Crippen molar-refractivity contribution in [2.45, 2.75) is 19.4 Å². The zero-order valence-corrected chi connectivity index (χ0v) is 10.1. The summed E-state index contributed by atoms with van der Waals surface area (Å²) < 4.78 is 0. The van der Waals surface area contributed by atoms with Crippen molar-refractivity contribution in [1.29, 1.82) is 0 Å². The molecule has 90 valence electrons. The minimum absolute atomic E-state index is 0.716. The predicted molar refractivity (Wildman–Crippen MR) is 60.7 cm³/mol. The molecule has 1 N–H and O–H groups in total. The van der Waals surface area contributed by atoms with Crippen LogP contribution in [0.5, 0.6) is 0 Å². The monoisotopic (exact) mass is 224 g/mol. The normalized spacial score (nSPS) is 22.5. The lowest BCUT2D eigenvalue weighted by atomic mass is 9.98. The Bertz CT molecular complexity index is 323. The molecule has 2 heterocycles. The van der Waals surface area contributed by atoms with Gasteiger partial charge in [0.25, 0.3) is 0 Å². The summed E-state index contributed by atoms with van der Waals surface area (Å²) in [6.07, 6.45) is 2.64. The lowest BCUT2D eigenvalue weighted by Gasteiger charge is -2.29. The third-order valence-electron chi connectivity index (χ3n) is 2.99. The molecule has 1 unspecified atom stereocenters. The number of hydrogen-bond acceptors (Lipinski definition) is 5. The number of hydrogen-bond donors (Lipinski definition) is 1. The second-order valence-electron chi connectivity index (χ2n) is 4.60. The van der Waals surface area contributed by atoms with Crippen molar-refractivity contribution in [1.82, 2.24) is 30.4 Å². The van der Waals surface area contributed by atoms with Crippen molar-refractivity contribution in [3.8, 4) is 0 Å². The van der Waals surface area contributed by atoms with Gasteiger partial charge in [-0.25, -0.2) is 0 Å². The Hall–Kier alpha value is -1.01. The first-order valence-electron chi connectivity index (χ1n) is 5.86. The van der Waals surface area contributed by atoms with E-state index in [1.54, 1.807) is 7.05 Å². The van der Waals surface area contributed by atoms with Crippen LogP contribution in [-0.4, -0.2) is 51.8 Å². The molecule has 2 rings (SSSR count). The molecular formula is C10H20N6. The van der Waals surface area contributed by atoms with E-state index in [0.29, 0.717) is 6.54 Å². The van der Waals surface area contributed by atoms with E-state index in [2.05, 4.69) is 32.7 Å². The van der Waals surface area contributed by atoms with E-state index in [-0.39, 0.29) is 0 Å². The molecule has 0 saturated carbocycles. The highest BCUT2D eigenvalue weighted by Gasteiger charge is 2.16. The SMILES string of the molecule is CN1CCCC(CNCc2nnn(C)n2)C1. The van der Waals surface area contributed by atoms with Crippen LogP contribution >= 0.6 is 0 Å². The number of rotatable bonds is 4. The van der Waals surface area contributed by atoms with Gasteiger partial charge in [-0.1, -0.05) is 0 Å². The molecule has 1 atom stereocenters. The lowest BCUT2D eigenvalue weighted by molar-refractivity contribution is 0.206. The third kappa shape index (κ3) is 3.24. The first-order valence-corrected chi connectivity index (χ1v) is 5.86. The number of tetrazole rings is 1. The molecule has 0 amide bonds. The van der Waals surface area contributed by atoms with Crippen LogP contribution in [0.1, 0.15) is 18.7 Å². The lowest BCUT2D eigenvalue weighted by Crippen LogP contribution is -2.37. The van der Waals surface area contributed by atoms with Crippen LogP contribution in [0.4, 0.5) is 0 Å². The fourth-order valence-corrected chi connectivity index (χ4v) is 2.22. The number of nitrogens with one attached hydrogen (secondary N) is 1. The maximum Gasteiger partial charge on any atom is 0.188 e. The summed E-state index contributed by atoms with van der Waals surface area (Å²) in [5, 5.41) is 15.3. The van der Waals surface area contributed by atoms with Crippen LogP contribution in [0.15, 0.2) is 0 Å². The molecule has 6 nitrogen and oxygen atoms in total. The van der Waals surface area contributed by atoms with E-state index >= 15 is 0 Å². The van der Waals surface area contributed by atoms with Crippen LogP contribution in [0, 0.1) is 5.92 Å². The fourth-order valence-electron chi connectivity index (χ4n) is 2.22. The molecule has 1 saturated heterocycles. The average Bonchev–Trinajstić information content (AvgIpc) is 2.64. The summed E-state index contributed by atoms with van der Waals surface area (Å²) >= 11 is 0. The molecule has 1 fully saturated rings. The van der Waals surface area contributed by atoms with Gasteiger partial charge in [0.05, 0.1) is 13.6 Å². The smallest absolute Gasteiger partial charge is 0.188 e. The third-order valence-corrected chi connectivity index (χ3v) is 2.99. The highest BCUT2D eigenvalue weighted by atomic mass is 15.6. The highest BCUT2D eigenvalue weighted by Crippen LogP contribution is 2.13. The molecule has 16 heavy (non-hydrogen) atoms. The molecule has 6 heteroatoms. The molecular weight excluding hydrogens is 204 g/mol. The van der Waals surface area contributed by atoms with Crippen molar-refractivity contribution in [2.24, 2.45) is 13.0 Å². The number of nitrogens with zero attached hydrogens (tertiary/aromatic N) is 5. The van der Waals surface area contributed by atoms with Gasteiger partial charge in [-0.3, -0.25) is 0 Å². The van der Waals surface area contributed by atoms with Gasteiger partial charge in [-0.2, -0.15) is 4.80 Å². The van der Waals surface area contributed by atoms with Gasteiger partial charge in [0.15, 0.2) is 5.82 Å². The van der Waals surface area contributed by atoms with Crippen molar-refractivity contribution in [3.05, 3.63) is 5.82 Å². The Balaban J connectivity index is 1.67. The summed E-state index contributed by atoms with van der Waals surface area (Å²) in [7, 11) is 3.98. The minimum Gasteiger partial charge on any atom is -0.309 e. The summed E-state index contributed by atoms with van der Waals surface area (Å²) in [6, 6.07) is 0.